The highest BCUT2D eigenvalue weighted by Crippen LogP contribution is 2.17. The SMILES string of the molecule is CC(C)(C)C(=O)ON1CCN(Cc2ccc(Cl)cc2)CC1. The van der Waals surface area contributed by atoms with Crippen molar-refractivity contribution in [3.8, 4) is 0 Å². The van der Waals surface area contributed by atoms with Gasteiger partial charge in [-0.15, -0.1) is 5.06 Å². The average Bonchev–Trinajstić information content (AvgIpc) is 2.42. The second-order valence-corrected chi connectivity index (χ2v) is 6.90. The molecular formula is C16H23ClN2O2. The Morgan fingerprint density at radius 1 is 1.14 bits per heavy atom. The maximum atomic E-state index is 11.8. The predicted molar refractivity (Wildman–Crippen MR) is 83.8 cm³/mol. The molecular weight excluding hydrogens is 288 g/mol. The largest absolute Gasteiger partial charge is 0.367 e. The third kappa shape index (κ3) is 4.99. The number of piperazine rings is 1. The lowest BCUT2D eigenvalue weighted by Crippen LogP contribution is -2.47. The third-order valence-corrected chi connectivity index (χ3v) is 3.73. The van der Waals surface area contributed by atoms with Crippen molar-refractivity contribution < 1.29 is 9.63 Å². The van der Waals surface area contributed by atoms with Gasteiger partial charge in [0.25, 0.3) is 0 Å². The number of hydrogen-bond donors (Lipinski definition) is 0. The van der Waals surface area contributed by atoms with Crippen LogP contribution in [0.4, 0.5) is 0 Å². The first-order valence-electron chi connectivity index (χ1n) is 7.29. The minimum atomic E-state index is -0.458. The molecule has 2 rings (SSSR count). The van der Waals surface area contributed by atoms with Gasteiger partial charge in [-0.1, -0.05) is 23.7 Å². The van der Waals surface area contributed by atoms with Gasteiger partial charge in [0.2, 0.25) is 0 Å². The number of hydrogen-bond acceptors (Lipinski definition) is 4. The topological polar surface area (TPSA) is 32.8 Å². The first-order valence-corrected chi connectivity index (χ1v) is 7.66. The fourth-order valence-electron chi connectivity index (χ4n) is 2.08. The van der Waals surface area contributed by atoms with E-state index < -0.39 is 5.41 Å². The van der Waals surface area contributed by atoms with E-state index in [1.165, 1.54) is 5.56 Å². The molecule has 0 radical (unpaired) electrons. The maximum absolute atomic E-state index is 11.8. The lowest BCUT2D eigenvalue weighted by Gasteiger charge is -2.34. The van der Waals surface area contributed by atoms with Gasteiger partial charge in [-0.05, 0) is 38.5 Å². The number of nitrogens with zero attached hydrogens (tertiary/aromatic N) is 2. The summed E-state index contributed by atoms with van der Waals surface area (Å²) in [5.74, 6) is -0.173. The quantitative estimate of drug-likeness (QED) is 0.859. The Labute approximate surface area is 131 Å². The van der Waals surface area contributed by atoms with E-state index >= 15 is 0 Å². The van der Waals surface area contributed by atoms with Crippen molar-refractivity contribution >= 4 is 17.6 Å². The Morgan fingerprint density at radius 2 is 1.71 bits per heavy atom. The zero-order valence-electron chi connectivity index (χ0n) is 12.9. The zero-order chi connectivity index (χ0) is 15.5. The normalized spacial score (nSPS) is 17.7. The van der Waals surface area contributed by atoms with E-state index in [0.717, 1.165) is 37.7 Å². The van der Waals surface area contributed by atoms with Crippen molar-refractivity contribution in [2.75, 3.05) is 26.2 Å². The highest BCUT2D eigenvalue weighted by Gasteiger charge is 2.27. The highest BCUT2D eigenvalue weighted by molar-refractivity contribution is 6.30. The average molecular weight is 311 g/mol. The number of hydroxylamine groups is 2. The van der Waals surface area contributed by atoms with E-state index in [-0.39, 0.29) is 5.97 Å². The number of benzene rings is 1. The van der Waals surface area contributed by atoms with Crippen molar-refractivity contribution in [1.29, 1.82) is 0 Å². The van der Waals surface area contributed by atoms with E-state index in [1.807, 2.05) is 45.0 Å². The van der Waals surface area contributed by atoms with Gasteiger partial charge in [-0.2, -0.15) is 0 Å². The number of rotatable bonds is 3. The van der Waals surface area contributed by atoms with E-state index in [4.69, 9.17) is 16.4 Å². The standard InChI is InChI=1S/C16H23ClN2O2/c1-16(2,3)15(20)21-19-10-8-18(9-11-19)12-13-4-6-14(17)7-5-13/h4-7H,8-12H2,1-3H3. The molecule has 1 aromatic rings. The molecule has 1 fully saturated rings. The van der Waals surface area contributed by atoms with E-state index in [1.54, 1.807) is 5.06 Å². The van der Waals surface area contributed by atoms with Gasteiger partial charge in [0.15, 0.2) is 0 Å². The molecule has 0 aliphatic carbocycles. The molecule has 116 valence electrons. The first kappa shape index (κ1) is 16.3. The molecule has 1 aromatic carbocycles. The van der Waals surface area contributed by atoms with Crippen LogP contribution < -0.4 is 0 Å². The molecule has 4 nitrogen and oxygen atoms in total. The van der Waals surface area contributed by atoms with Gasteiger partial charge >= 0.3 is 5.97 Å². The fraction of sp³-hybridized carbons (Fsp3) is 0.562. The Kier molecular flexibility index (Phi) is 5.25. The Morgan fingerprint density at radius 3 is 2.24 bits per heavy atom. The van der Waals surface area contributed by atoms with Gasteiger partial charge in [0.05, 0.1) is 5.41 Å². The van der Waals surface area contributed by atoms with Crippen LogP contribution >= 0.6 is 11.6 Å². The molecule has 1 heterocycles. The molecule has 5 heteroatoms. The second-order valence-electron chi connectivity index (χ2n) is 6.46. The van der Waals surface area contributed by atoms with Crippen LogP contribution in [-0.2, 0) is 16.2 Å². The first-order chi connectivity index (χ1) is 9.84. The summed E-state index contributed by atoms with van der Waals surface area (Å²) in [6.07, 6.45) is 0. The van der Waals surface area contributed by atoms with E-state index in [0.29, 0.717) is 0 Å². The van der Waals surface area contributed by atoms with E-state index in [2.05, 4.69) is 4.90 Å². The molecule has 0 spiro atoms. The fourth-order valence-corrected chi connectivity index (χ4v) is 2.21. The second kappa shape index (κ2) is 6.77. The summed E-state index contributed by atoms with van der Waals surface area (Å²) in [5, 5.41) is 2.53. The van der Waals surface area contributed by atoms with Crippen LogP contribution in [0, 0.1) is 5.41 Å². The number of halogens is 1. The molecule has 0 amide bonds. The highest BCUT2D eigenvalue weighted by atomic mass is 35.5. The molecule has 0 unspecified atom stereocenters. The summed E-state index contributed by atoms with van der Waals surface area (Å²) in [6, 6.07) is 7.93. The van der Waals surface area contributed by atoms with Crippen LogP contribution in [0.3, 0.4) is 0 Å². The smallest absolute Gasteiger partial charge is 0.330 e. The van der Waals surface area contributed by atoms with Gasteiger partial charge in [0.1, 0.15) is 0 Å². The number of carbonyl (C=O) groups excluding carboxylic acids is 1. The molecule has 0 aromatic heterocycles. The van der Waals surface area contributed by atoms with Crippen molar-refractivity contribution in [2.45, 2.75) is 27.3 Å². The summed E-state index contributed by atoms with van der Waals surface area (Å²) in [6.45, 7) is 9.77. The van der Waals surface area contributed by atoms with Crippen LogP contribution in [-0.4, -0.2) is 42.1 Å². The van der Waals surface area contributed by atoms with Crippen LogP contribution in [0.5, 0.6) is 0 Å². The van der Waals surface area contributed by atoms with Gasteiger partial charge in [-0.25, -0.2) is 4.79 Å². The summed E-state index contributed by atoms with van der Waals surface area (Å²) >= 11 is 5.89. The van der Waals surface area contributed by atoms with E-state index in [9.17, 15) is 4.79 Å². The summed E-state index contributed by atoms with van der Waals surface area (Å²) < 4.78 is 0. The van der Waals surface area contributed by atoms with Gasteiger partial charge in [0, 0.05) is 37.7 Å². The molecule has 1 aliphatic rings. The van der Waals surface area contributed by atoms with Gasteiger partial charge < -0.3 is 4.84 Å². The lowest BCUT2D eigenvalue weighted by molar-refractivity contribution is -0.207. The molecule has 0 saturated carbocycles. The van der Waals surface area contributed by atoms with Crippen molar-refractivity contribution in [3.05, 3.63) is 34.9 Å². The van der Waals surface area contributed by atoms with Crippen molar-refractivity contribution in [2.24, 2.45) is 5.41 Å². The zero-order valence-corrected chi connectivity index (χ0v) is 13.7. The molecule has 0 bridgehead atoms. The van der Waals surface area contributed by atoms with Crippen LogP contribution in [0.2, 0.25) is 5.02 Å². The Hall–Kier alpha value is -1.10. The predicted octanol–water partition coefficient (Wildman–Crippen LogP) is 2.96. The Bertz CT molecular complexity index is 474. The monoisotopic (exact) mass is 310 g/mol. The molecule has 0 N–H and O–H groups in total. The number of carbonyl (C=O) groups is 1. The lowest BCUT2D eigenvalue weighted by atomic mass is 9.98. The summed E-state index contributed by atoms with van der Waals surface area (Å²) in [4.78, 5) is 19.6. The third-order valence-electron chi connectivity index (χ3n) is 3.48. The van der Waals surface area contributed by atoms with Crippen LogP contribution in [0.25, 0.3) is 0 Å². The minimum Gasteiger partial charge on any atom is -0.367 e. The Balaban J connectivity index is 1.78. The van der Waals surface area contributed by atoms with Crippen molar-refractivity contribution in [1.82, 2.24) is 9.96 Å². The molecule has 1 saturated heterocycles. The van der Waals surface area contributed by atoms with Crippen molar-refractivity contribution in [3.63, 3.8) is 0 Å². The van der Waals surface area contributed by atoms with Gasteiger partial charge in [-0.3, -0.25) is 4.90 Å². The molecule has 1 aliphatic heterocycles. The molecule has 21 heavy (non-hydrogen) atoms. The summed E-state index contributed by atoms with van der Waals surface area (Å²) in [7, 11) is 0. The van der Waals surface area contributed by atoms with Crippen LogP contribution in [0.15, 0.2) is 24.3 Å². The minimum absolute atomic E-state index is 0.173. The summed E-state index contributed by atoms with van der Waals surface area (Å²) in [5.41, 5.74) is 0.792. The molecule has 0 atom stereocenters. The van der Waals surface area contributed by atoms with Crippen LogP contribution in [0.1, 0.15) is 26.3 Å². The maximum Gasteiger partial charge on any atom is 0.330 e.